The number of benzene rings is 1. The highest BCUT2D eigenvalue weighted by Crippen LogP contribution is 2.21. The van der Waals surface area contributed by atoms with Crippen LogP contribution in [0.3, 0.4) is 0 Å². The highest BCUT2D eigenvalue weighted by atomic mass is 19.1. The van der Waals surface area contributed by atoms with Gasteiger partial charge in [0.25, 0.3) is 5.56 Å². The maximum Gasteiger partial charge on any atom is 0.277 e. The van der Waals surface area contributed by atoms with Crippen molar-refractivity contribution in [2.45, 2.75) is 51.7 Å². The van der Waals surface area contributed by atoms with Gasteiger partial charge in [-0.2, -0.15) is 10.1 Å². The van der Waals surface area contributed by atoms with Crippen molar-refractivity contribution in [3.8, 4) is 11.3 Å². The molecule has 0 bridgehead atoms. The molecule has 0 N–H and O–H groups in total. The van der Waals surface area contributed by atoms with Gasteiger partial charge in [0.05, 0.1) is 18.8 Å². The first-order chi connectivity index (χ1) is 15.6. The second kappa shape index (κ2) is 8.66. The summed E-state index contributed by atoms with van der Waals surface area (Å²) >= 11 is 0. The van der Waals surface area contributed by atoms with Gasteiger partial charge in [-0.25, -0.2) is 8.91 Å². The van der Waals surface area contributed by atoms with Gasteiger partial charge in [-0.05, 0) is 56.1 Å². The largest absolute Gasteiger partial charge is 0.338 e. The van der Waals surface area contributed by atoms with E-state index in [2.05, 4.69) is 27.1 Å². The third-order valence-electron chi connectivity index (χ3n) is 6.12. The van der Waals surface area contributed by atoms with Crippen molar-refractivity contribution in [1.82, 2.24) is 29.2 Å². The molecule has 0 amide bonds. The Morgan fingerprint density at radius 1 is 1.16 bits per heavy atom. The topological polar surface area (TPSA) is 81.5 Å². The van der Waals surface area contributed by atoms with Crippen molar-refractivity contribution in [2.24, 2.45) is 0 Å². The molecule has 0 aliphatic carbocycles. The van der Waals surface area contributed by atoms with Gasteiger partial charge in [0, 0.05) is 24.0 Å². The van der Waals surface area contributed by atoms with Crippen LogP contribution in [0.2, 0.25) is 0 Å². The van der Waals surface area contributed by atoms with Crippen LogP contribution < -0.4 is 5.56 Å². The van der Waals surface area contributed by atoms with Crippen LogP contribution in [-0.2, 0) is 13.1 Å². The molecule has 32 heavy (non-hydrogen) atoms. The summed E-state index contributed by atoms with van der Waals surface area (Å²) in [6, 6.07) is 8.29. The Bertz CT molecular complexity index is 1280. The molecule has 1 aliphatic rings. The Morgan fingerprint density at radius 2 is 2.00 bits per heavy atom. The first-order valence-electron chi connectivity index (χ1n) is 11.0. The zero-order valence-electron chi connectivity index (χ0n) is 17.9. The van der Waals surface area contributed by atoms with Gasteiger partial charge in [-0.15, -0.1) is 0 Å². The molecule has 8 nitrogen and oxygen atoms in total. The number of hydrogen-bond acceptors (Lipinski definition) is 6. The summed E-state index contributed by atoms with van der Waals surface area (Å²) in [5, 5.41) is 8.51. The third-order valence-corrected chi connectivity index (χ3v) is 6.12. The summed E-state index contributed by atoms with van der Waals surface area (Å²) in [5.74, 6) is 0.733. The number of likely N-dealkylation sites (tertiary alicyclic amines) is 1. The van der Waals surface area contributed by atoms with Gasteiger partial charge in [-0.3, -0.25) is 9.69 Å². The Balaban J connectivity index is 1.35. The molecule has 1 saturated heterocycles. The fourth-order valence-electron chi connectivity index (χ4n) is 4.39. The normalized spacial score (nSPS) is 17.2. The van der Waals surface area contributed by atoms with Crippen LogP contribution in [0.5, 0.6) is 0 Å². The van der Waals surface area contributed by atoms with E-state index in [1.165, 1.54) is 40.5 Å². The summed E-state index contributed by atoms with van der Waals surface area (Å²) in [5.41, 5.74) is 1.57. The van der Waals surface area contributed by atoms with Crippen molar-refractivity contribution in [1.29, 1.82) is 0 Å². The van der Waals surface area contributed by atoms with Crippen LogP contribution in [0.1, 0.15) is 44.3 Å². The molecule has 4 aromatic rings. The maximum absolute atomic E-state index is 13.2. The summed E-state index contributed by atoms with van der Waals surface area (Å²) in [7, 11) is 0. The van der Waals surface area contributed by atoms with E-state index in [1.807, 2.05) is 0 Å². The lowest BCUT2D eigenvalue weighted by atomic mass is 10.0. The standard InChI is InChI=1S/C23H25FN6O2/c1-2-18-5-3-4-10-28(18)15-22-25-21(27-32-22)14-29-11-12-30-20(23(29)31)13-19(26-30)16-6-8-17(24)9-7-16/h6-9,11-13,18H,2-5,10,14-15H2,1H3/t18-/m1/s1. The van der Waals surface area contributed by atoms with Crippen molar-refractivity contribution >= 4 is 5.52 Å². The van der Waals surface area contributed by atoms with Crippen LogP contribution in [-0.4, -0.2) is 41.8 Å². The fourth-order valence-corrected chi connectivity index (χ4v) is 4.39. The maximum atomic E-state index is 13.2. The van der Waals surface area contributed by atoms with E-state index in [1.54, 1.807) is 30.6 Å². The summed E-state index contributed by atoms with van der Waals surface area (Å²) in [6.07, 6.45) is 8.15. The number of hydrogen-bond donors (Lipinski definition) is 0. The van der Waals surface area contributed by atoms with Crippen molar-refractivity contribution in [2.75, 3.05) is 6.54 Å². The Labute approximate surface area is 184 Å². The quantitative estimate of drug-likeness (QED) is 0.460. The van der Waals surface area contributed by atoms with Crippen molar-refractivity contribution in [3.63, 3.8) is 0 Å². The van der Waals surface area contributed by atoms with Crippen LogP contribution in [0.4, 0.5) is 4.39 Å². The first-order valence-corrected chi connectivity index (χ1v) is 11.0. The van der Waals surface area contributed by atoms with Gasteiger partial charge in [0.2, 0.25) is 5.89 Å². The predicted octanol–water partition coefficient (Wildman–Crippen LogP) is 3.50. The van der Waals surface area contributed by atoms with E-state index in [0.717, 1.165) is 18.5 Å². The zero-order chi connectivity index (χ0) is 22.1. The van der Waals surface area contributed by atoms with Gasteiger partial charge < -0.3 is 9.09 Å². The number of rotatable bonds is 6. The molecule has 0 saturated carbocycles. The molecule has 4 heterocycles. The van der Waals surface area contributed by atoms with Crippen LogP contribution in [0.15, 0.2) is 52.0 Å². The monoisotopic (exact) mass is 436 g/mol. The molecule has 5 rings (SSSR count). The zero-order valence-corrected chi connectivity index (χ0v) is 17.9. The molecule has 0 radical (unpaired) electrons. The lowest BCUT2D eigenvalue weighted by Crippen LogP contribution is -2.38. The van der Waals surface area contributed by atoms with Crippen LogP contribution >= 0.6 is 0 Å². The molecule has 0 unspecified atom stereocenters. The number of fused-ring (bicyclic) bond motifs is 1. The minimum atomic E-state index is -0.315. The molecule has 9 heteroatoms. The Kier molecular flexibility index (Phi) is 5.57. The summed E-state index contributed by atoms with van der Waals surface area (Å²) in [6.45, 7) is 4.11. The molecule has 1 fully saturated rings. The highest BCUT2D eigenvalue weighted by molar-refractivity contribution is 5.65. The van der Waals surface area contributed by atoms with Gasteiger partial charge in [-0.1, -0.05) is 18.5 Å². The lowest BCUT2D eigenvalue weighted by Gasteiger charge is -2.33. The number of aromatic nitrogens is 5. The number of halogens is 1. The molecule has 166 valence electrons. The van der Waals surface area contributed by atoms with E-state index in [0.29, 0.717) is 35.5 Å². The van der Waals surface area contributed by atoms with Gasteiger partial charge in [0.1, 0.15) is 11.3 Å². The minimum Gasteiger partial charge on any atom is -0.338 e. The molecular weight excluding hydrogens is 411 g/mol. The number of piperidine rings is 1. The van der Waals surface area contributed by atoms with Crippen LogP contribution in [0.25, 0.3) is 16.8 Å². The smallest absolute Gasteiger partial charge is 0.277 e. The third kappa shape index (κ3) is 4.08. The highest BCUT2D eigenvalue weighted by Gasteiger charge is 2.23. The fraction of sp³-hybridized carbons (Fsp3) is 0.391. The predicted molar refractivity (Wildman–Crippen MR) is 117 cm³/mol. The van der Waals surface area contributed by atoms with Crippen LogP contribution in [0, 0.1) is 5.82 Å². The SMILES string of the molecule is CC[C@@H]1CCCCN1Cc1nc(Cn2ccn3nc(-c4ccc(F)cc4)cc3c2=O)no1. The Morgan fingerprint density at radius 3 is 2.81 bits per heavy atom. The average Bonchev–Trinajstić information content (AvgIpc) is 3.44. The molecular formula is C23H25FN6O2. The van der Waals surface area contributed by atoms with E-state index < -0.39 is 0 Å². The van der Waals surface area contributed by atoms with E-state index in [9.17, 15) is 9.18 Å². The summed E-state index contributed by atoms with van der Waals surface area (Å²) < 4.78 is 21.7. The molecule has 1 aromatic carbocycles. The molecule has 1 atom stereocenters. The van der Waals surface area contributed by atoms with E-state index in [4.69, 9.17) is 4.52 Å². The Hall–Kier alpha value is -3.33. The van der Waals surface area contributed by atoms with Crippen molar-refractivity contribution in [3.05, 3.63) is 70.6 Å². The van der Waals surface area contributed by atoms with Gasteiger partial charge in [0.15, 0.2) is 5.82 Å². The second-order valence-electron chi connectivity index (χ2n) is 8.23. The van der Waals surface area contributed by atoms with E-state index >= 15 is 0 Å². The number of nitrogens with zero attached hydrogens (tertiary/aromatic N) is 6. The molecule has 1 aliphatic heterocycles. The molecule has 0 spiro atoms. The van der Waals surface area contributed by atoms with E-state index in [-0.39, 0.29) is 17.9 Å². The van der Waals surface area contributed by atoms with Gasteiger partial charge >= 0.3 is 0 Å². The summed E-state index contributed by atoms with van der Waals surface area (Å²) in [4.78, 5) is 19.9. The van der Waals surface area contributed by atoms with Crippen molar-refractivity contribution < 1.29 is 8.91 Å². The first kappa shape index (κ1) is 20.6. The average molecular weight is 436 g/mol. The minimum absolute atomic E-state index is 0.207. The lowest BCUT2D eigenvalue weighted by molar-refractivity contribution is 0.120. The second-order valence-corrected chi connectivity index (χ2v) is 8.23. The molecule has 3 aromatic heterocycles.